The molecule has 1 aliphatic rings. The first-order valence-electron chi connectivity index (χ1n) is 6.77. The molecule has 1 fully saturated rings. The number of carbonyl (C=O) groups is 1. The van der Waals surface area contributed by atoms with E-state index in [0.717, 1.165) is 18.6 Å². The van der Waals surface area contributed by atoms with Crippen LogP contribution in [0.4, 0.5) is 17.1 Å². The van der Waals surface area contributed by atoms with Crippen LogP contribution in [-0.2, 0) is 9.53 Å². The number of nitrogens with zero attached hydrogens (tertiary/aromatic N) is 3. The van der Waals surface area contributed by atoms with Gasteiger partial charge in [0.05, 0.1) is 34.7 Å². The Kier molecular flexibility index (Phi) is 4.84. The van der Waals surface area contributed by atoms with E-state index in [9.17, 15) is 25.0 Å². The number of carbonyl (C=O) groups excluding carboxylic acids is 1. The summed E-state index contributed by atoms with van der Waals surface area (Å²) in [6.45, 7) is 0. The van der Waals surface area contributed by atoms with Crippen LogP contribution >= 0.6 is 0 Å². The Hall–Kier alpha value is -3.04. The van der Waals surface area contributed by atoms with Crippen LogP contribution in [0.5, 0.6) is 0 Å². The van der Waals surface area contributed by atoms with Crippen LogP contribution in [0.15, 0.2) is 23.3 Å². The molecule has 0 amide bonds. The van der Waals surface area contributed by atoms with E-state index >= 15 is 0 Å². The van der Waals surface area contributed by atoms with Crippen molar-refractivity contribution < 1.29 is 19.4 Å². The van der Waals surface area contributed by atoms with Crippen molar-refractivity contribution in [3.05, 3.63) is 38.4 Å². The quantitative estimate of drug-likeness (QED) is 0.498. The highest BCUT2D eigenvalue weighted by molar-refractivity contribution is 6.03. The molecular weight excluding hydrogens is 308 g/mol. The van der Waals surface area contributed by atoms with E-state index in [-0.39, 0.29) is 11.4 Å². The summed E-state index contributed by atoms with van der Waals surface area (Å²) in [6, 6.07) is 3.21. The van der Waals surface area contributed by atoms with Gasteiger partial charge in [0, 0.05) is 6.07 Å². The Morgan fingerprint density at radius 1 is 1.35 bits per heavy atom. The van der Waals surface area contributed by atoms with E-state index in [2.05, 4.69) is 15.3 Å². The topological polar surface area (TPSA) is 137 Å². The first-order chi connectivity index (χ1) is 10.9. The summed E-state index contributed by atoms with van der Waals surface area (Å²) in [5.41, 5.74) is 2.24. The molecule has 1 atom stereocenters. The number of hydrogen-bond acceptors (Lipinski definition) is 8. The summed E-state index contributed by atoms with van der Waals surface area (Å²) in [5.74, 6) is -0.870. The molecule has 10 heteroatoms. The van der Waals surface area contributed by atoms with Gasteiger partial charge in [-0.15, -0.1) is 0 Å². The van der Waals surface area contributed by atoms with Gasteiger partial charge in [-0.3, -0.25) is 30.4 Å². The van der Waals surface area contributed by atoms with E-state index in [1.54, 1.807) is 0 Å². The summed E-state index contributed by atoms with van der Waals surface area (Å²) in [6.07, 6.45) is 1.95. The highest BCUT2D eigenvalue weighted by Crippen LogP contribution is 2.30. The van der Waals surface area contributed by atoms with E-state index in [1.165, 1.54) is 13.2 Å². The van der Waals surface area contributed by atoms with Crippen molar-refractivity contribution in [2.24, 2.45) is 11.0 Å². The largest absolute Gasteiger partial charge is 0.469 e. The van der Waals surface area contributed by atoms with Gasteiger partial charge in [0.15, 0.2) is 0 Å². The van der Waals surface area contributed by atoms with Gasteiger partial charge >= 0.3 is 11.7 Å². The number of esters is 1. The second kappa shape index (κ2) is 6.81. The van der Waals surface area contributed by atoms with E-state index < -0.39 is 27.4 Å². The predicted molar refractivity (Wildman–Crippen MR) is 80.2 cm³/mol. The maximum atomic E-state index is 11.6. The predicted octanol–water partition coefficient (Wildman–Crippen LogP) is 2.24. The summed E-state index contributed by atoms with van der Waals surface area (Å²) in [5, 5.41) is 25.8. The number of benzene rings is 1. The average molecular weight is 322 g/mol. The number of hydrazone groups is 1. The molecule has 122 valence electrons. The second-order valence-corrected chi connectivity index (χ2v) is 4.90. The van der Waals surface area contributed by atoms with Crippen LogP contribution in [0.1, 0.15) is 19.3 Å². The van der Waals surface area contributed by atoms with Crippen molar-refractivity contribution in [1.29, 1.82) is 0 Å². The lowest BCUT2D eigenvalue weighted by Gasteiger charge is -2.09. The normalized spacial score (nSPS) is 18.7. The number of anilines is 1. The van der Waals surface area contributed by atoms with Gasteiger partial charge in [0.2, 0.25) is 0 Å². The van der Waals surface area contributed by atoms with Crippen molar-refractivity contribution in [2.45, 2.75) is 19.3 Å². The SMILES string of the molecule is COC(=O)C1CCC/C1=N/Nc1ccc([N+](=O)[O-])cc1[N+](=O)[O-]. The molecule has 1 unspecified atom stereocenters. The summed E-state index contributed by atoms with van der Waals surface area (Å²) < 4.78 is 4.69. The van der Waals surface area contributed by atoms with Gasteiger partial charge in [0.25, 0.3) is 5.69 Å². The molecule has 0 aliphatic heterocycles. The van der Waals surface area contributed by atoms with Crippen molar-refractivity contribution in [3.63, 3.8) is 0 Å². The summed E-state index contributed by atoms with van der Waals surface area (Å²) >= 11 is 0. The molecule has 2 rings (SSSR count). The zero-order valence-corrected chi connectivity index (χ0v) is 12.2. The molecule has 23 heavy (non-hydrogen) atoms. The van der Waals surface area contributed by atoms with Crippen molar-refractivity contribution >= 4 is 28.7 Å². The Morgan fingerprint density at radius 2 is 2.09 bits per heavy atom. The Bertz CT molecular complexity index is 687. The molecule has 0 heterocycles. The zero-order chi connectivity index (χ0) is 17.0. The molecule has 1 aliphatic carbocycles. The highest BCUT2D eigenvalue weighted by atomic mass is 16.6. The maximum absolute atomic E-state index is 11.6. The van der Waals surface area contributed by atoms with Crippen LogP contribution in [0.3, 0.4) is 0 Å². The molecule has 0 spiro atoms. The molecule has 0 bridgehead atoms. The zero-order valence-electron chi connectivity index (χ0n) is 12.2. The lowest BCUT2D eigenvalue weighted by atomic mass is 10.1. The Balaban J connectivity index is 2.26. The lowest BCUT2D eigenvalue weighted by molar-refractivity contribution is -0.393. The standard InChI is InChI=1S/C13H14N4O6/c1-23-13(18)9-3-2-4-10(9)14-15-11-6-5-8(16(19)20)7-12(11)17(21)22/h5-7,9,15H,2-4H2,1H3/b14-10-. The van der Waals surface area contributed by atoms with Gasteiger partial charge < -0.3 is 4.74 Å². The van der Waals surface area contributed by atoms with E-state index in [0.29, 0.717) is 18.6 Å². The number of nitro groups is 2. The molecular formula is C13H14N4O6. The van der Waals surface area contributed by atoms with Gasteiger partial charge in [-0.05, 0) is 25.3 Å². The first-order valence-corrected chi connectivity index (χ1v) is 6.77. The number of non-ortho nitro benzene ring substituents is 1. The van der Waals surface area contributed by atoms with Crippen LogP contribution < -0.4 is 5.43 Å². The minimum atomic E-state index is -0.734. The fourth-order valence-corrected chi connectivity index (χ4v) is 2.37. The summed E-state index contributed by atoms with van der Waals surface area (Å²) in [4.78, 5) is 31.9. The van der Waals surface area contributed by atoms with Gasteiger partial charge in [-0.25, -0.2) is 0 Å². The maximum Gasteiger partial charge on any atom is 0.314 e. The molecule has 1 aromatic carbocycles. The van der Waals surface area contributed by atoms with Crippen LogP contribution in [-0.4, -0.2) is 28.6 Å². The summed E-state index contributed by atoms with van der Waals surface area (Å²) in [7, 11) is 1.28. The van der Waals surface area contributed by atoms with Crippen molar-refractivity contribution in [1.82, 2.24) is 0 Å². The van der Waals surface area contributed by atoms with Gasteiger partial charge in [-0.1, -0.05) is 0 Å². The van der Waals surface area contributed by atoms with Crippen LogP contribution in [0.2, 0.25) is 0 Å². The molecule has 1 saturated carbocycles. The minimum absolute atomic E-state index is 0.0172. The van der Waals surface area contributed by atoms with Crippen molar-refractivity contribution in [2.75, 3.05) is 12.5 Å². The van der Waals surface area contributed by atoms with Gasteiger partial charge in [-0.2, -0.15) is 5.10 Å². The molecule has 0 saturated heterocycles. The molecule has 1 aromatic rings. The van der Waals surface area contributed by atoms with Gasteiger partial charge in [0.1, 0.15) is 5.69 Å². The number of hydrogen-bond donors (Lipinski definition) is 1. The Morgan fingerprint density at radius 3 is 2.70 bits per heavy atom. The molecule has 0 radical (unpaired) electrons. The number of ether oxygens (including phenoxy) is 1. The monoisotopic (exact) mass is 322 g/mol. The number of nitro benzene ring substituents is 2. The average Bonchev–Trinajstić information content (AvgIpc) is 3.00. The smallest absolute Gasteiger partial charge is 0.314 e. The van der Waals surface area contributed by atoms with Crippen molar-refractivity contribution in [3.8, 4) is 0 Å². The second-order valence-electron chi connectivity index (χ2n) is 4.90. The molecule has 1 N–H and O–H groups in total. The van der Waals surface area contributed by atoms with E-state index in [4.69, 9.17) is 0 Å². The highest BCUT2D eigenvalue weighted by Gasteiger charge is 2.30. The molecule has 0 aromatic heterocycles. The third kappa shape index (κ3) is 3.59. The lowest BCUT2D eigenvalue weighted by Crippen LogP contribution is -2.21. The molecule has 10 nitrogen and oxygen atoms in total. The van der Waals surface area contributed by atoms with Crippen LogP contribution in [0.25, 0.3) is 0 Å². The number of methoxy groups -OCH3 is 1. The third-order valence-electron chi connectivity index (χ3n) is 3.52. The Labute approximate surface area is 130 Å². The van der Waals surface area contributed by atoms with E-state index in [1.807, 2.05) is 0 Å². The fourth-order valence-electron chi connectivity index (χ4n) is 2.37. The number of nitrogens with one attached hydrogen (secondary N) is 1. The number of rotatable bonds is 5. The van der Waals surface area contributed by atoms with Crippen LogP contribution in [0, 0.1) is 26.1 Å². The first kappa shape index (κ1) is 16.3. The minimum Gasteiger partial charge on any atom is -0.469 e. The fraction of sp³-hybridized carbons (Fsp3) is 0.385. The third-order valence-corrected chi connectivity index (χ3v) is 3.52.